The molecule has 0 amide bonds. The highest BCUT2D eigenvalue weighted by Gasteiger charge is 2.49. The molecule has 2 rings (SSSR count). The van der Waals surface area contributed by atoms with E-state index in [0.717, 1.165) is 11.3 Å². The molecule has 92 valence electrons. The van der Waals surface area contributed by atoms with Gasteiger partial charge >= 0.3 is 7.12 Å². The van der Waals surface area contributed by atoms with Gasteiger partial charge in [-0.25, -0.2) is 0 Å². The summed E-state index contributed by atoms with van der Waals surface area (Å²) in [5.41, 5.74) is 1.52. The summed E-state index contributed by atoms with van der Waals surface area (Å²) in [5, 5.41) is 6.89. The van der Waals surface area contributed by atoms with Crippen molar-refractivity contribution in [3.8, 4) is 0 Å². The van der Waals surface area contributed by atoms with Gasteiger partial charge in [-0.2, -0.15) is 5.10 Å². The highest BCUT2D eigenvalue weighted by atomic mass is 16.7. The van der Waals surface area contributed by atoms with Gasteiger partial charge in [0.15, 0.2) is 0 Å². The maximum Gasteiger partial charge on any atom is 0.487 e. The summed E-state index contributed by atoms with van der Waals surface area (Å²) in [5.74, 6) is 1.91. The number of aromatic amines is 1. The van der Waals surface area contributed by atoms with Crippen LogP contribution in [0.3, 0.4) is 0 Å². The molecule has 1 fully saturated rings. The largest absolute Gasteiger partial charge is 0.487 e. The van der Waals surface area contributed by atoms with E-state index in [9.17, 15) is 0 Å². The van der Waals surface area contributed by atoms with Crippen molar-refractivity contribution in [3.63, 3.8) is 0 Å². The summed E-state index contributed by atoms with van der Waals surface area (Å²) < 4.78 is 11.7. The topological polar surface area (TPSA) is 47.1 Å². The van der Waals surface area contributed by atoms with Crippen LogP contribution in [0.2, 0.25) is 0 Å². The quantitative estimate of drug-likeness (QED) is 0.799. The number of nitrogens with one attached hydrogen (secondary N) is 1. The van der Waals surface area contributed by atoms with Gasteiger partial charge in [0.1, 0.15) is 0 Å². The third-order valence-electron chi connectivity index (χ3n) is 3.56. The minimum atomic E-state index is -0.303. The summed E-state index contributed by atoms with van der Waals surface area (Å²) >= 11 is 0. The van der Waals surface area contributed by atoms with E-state index in [4.69, 9.17) is 9.31 Å². The van der Waals surface area contributed by atoms with Crippen LogP contribution in [-0.4, -0.2) is 28.5 Å². The fraction of sp³-hybridized carbons (Fsp3) is 0.583. The van der Waals surface area contributed by atoms with Gasteiger partial charge in [0.05, 0.1) is 23.1 Å². The van der Waals surface area contributed by atoms with E-state index in [1.54, 1.807) is 6.20 Å². The van der Waals surface area contributed by atoms with Crippen LogP contribution < -0.4 is 0 Å². The van der Waals surface area contributed by atoms with Gasteiger partial charge in [0.2, 0.25) is 0 Å². The Morgan fingerprint density at radius 2 is 1.82 bits per heavy atom. The molecular weight excluding hydrogens is 215 g/mol. The second-order valence-corrected chi connectivity index (χ2v) is 5.45. The van der Waals surface area contributed by atoms with Crippen LogP contribution in [0.25, 0.3) is 6.08 Å². The first-order valence-corrected chi connectivity index (χ1v) is 5.86. The van der Waals surface area contributed by atoms with Crippen molar-refractivity contribution in [1.82, 2.24) is 10.2 Å². The molecule has 0 aromatic carbocycles. The molecule has 5 heteroatoms. The molecular formula is C12H19BN2O2. The number of aryl methyl sites for hydroxylation is 1. The fourth-order valence-electron chi connectivity index (χ4n) is 1.67. The maximum absolute atomic E-state index is 5.86. The van der Waals surface area contributed by atoms with E-state index in [0.29, 0.717) is 0 Å². The van der Waals surface area contributed by atoms with Crippen LogP contribution in [0.4, 0.5) is 0 Å². The van der Waals surface area contributed by atoms with Crippen molar-refractivity contribution in [3.05, 3.63) is 23.4 Å². The molecule has 1 aromatic rings. The van der Waals surface area contributed by atoms with Crippen molar-refractivity contribution in [2.75, 3.05) is 0 Å². The third kappa shape index (κ3) is 2.30. The number of aromatic nitrogens is 2. The number of rotatable bonds is 2. The van der Waals surface area contributed by atoms with Crippen LogP contribution in [0, 0.1) is 6.92 Å². The van der Waals surface area contributed by atoms with Gasteiger partial charge in [-0.15, -0.1) is 0 Å². The van der Waals surface area contributed by atoms with Gasteiger partial charge in [-0.3, -0.25) is 5.10 Å². The Hall–Kier alpha value is -1.07. The van der Waals surface area contributed by atoms with E-state index >= 15 is 0 Å². The zero-order valence-corrected chi connectivity index (χ0v) is 11.1. The van der Waals surface area contributed by atoms with E-state index in [1.807, 2.05) is 46.7 Å². The summed E-state index contributed by atoms with van der Waals surface area (Å²) in [7, 11) is -0.303. The fourth-order valence-corrected chi connectivity index (χ4v) is 1.67. The zero-order valence-electron chi connectivity index (χ0n) is 11.1. The number of H-pyrrole nitrogens is 1. The Morgan fingerprint density at radius 1 is 1.24 bits per heavy atom. The SMILES string of the molecule is Cc1cn[nH]c1/C=C/B1OC(C)(C)C(C)(C)O1. The van der Waals surface area contributed by atoms with E-state index in [2.05, 4.69) is 10.2 Å². The van der Waals surface area contributed by atoms with Crippen LogP contribution in [-0.2, 0) is 9.31 Å². The molecule has 0 radical (unpaired) electrons. The van der Waals surface area contributed by atoms with E-state index in [1.165, 1.54) is 0 Å². The monoisotopic (exact) mass is 234 g/mol. The first kappa shape index (κ1) is 12.4. The first-order chi connectivity index (χ1) is 7.82. The molecule has 0 atom stereocenters. The maximum atomic E-state index is 5.86. The van der Waals surface area contributed by atoms with E-state index in [-0.39, 0.29) is 18.3 Å². The average Bonchev–Trinajstić information content (AvgIpc) is 2.66. The standard InChI is InChI=1S/C12H19BN2O2/c1-9-8-14-15-10(9)6-7-13-16-11(2,3)12(4,5)17-13/h6-8H,1-5H3,(H,14,15)/b7-6+. The van der Waals surface area contributed by atoms with Crippen molar-refractivity contribution in [2.45, 2.75) is 45.8 Å². The molecule has 1 aliphatic rings. The average molecular weight is 234 g/mol. The molecule has 2 heterocycles. The van der Waals surface area contributed by atoms with Gasteiger partial charge in [-0.05, 0) is 46.3 Å². The minimum Gasteiger partial charge on any atom is -0.400 e. The Kier molecular flexibility index (Phi) is 2.91. The molecule has 1 N–H and O–H groups in total. The molecule has 0 unspecified atom stereocenters. The summed E-state index contributed by atoms with van der Waals surface area (Å²) in [6, 6.07) is 0. The molecule has 17 heavy (non-hydrogen) atoms. The molecule has 1 aromatic heterocycles. The molecule has 0 aliphatic carbocycles. The smallest absolute Gasteiger partial charge is 0.400 e. The van der Waals surface area contributed by atoms with Crippen molar-refractivity contribution in [2.24, 2.45) is 0 Å². The lowest BCUT2D eigenvalue weighted by atomic mass is 9.89. The lowest BCUT2D eigenvalue weighted by molar-refractivity contribution is 0.00578. The second kappa shape index (κ2) is 4.00. The van der Waals surface area contributed by atoms with Gasteiger partial charge < -0.3 is 9.31 Å². The third-order valence-corrected chi connectivity index (χ3v) is 3.56. The number of nitrogens with zero attached hydrogens (tertiary/aromatic N) is 1. The van der Waals surface area contributed by atoms with Gasteiger partial charge in [0.25, 0.3) is 0 Å². The second-order valence-electron chi connectivity index (χ2n) is 5.45. The van der Waals surface area contributed by atoms with Crippen LogP contribution in [0.5, 0.6) is 0 Å². The lowest BCUT2D eigenvalue weighted by Gasteiger charge is -2.32. The highest BCUT2D eigenvalue weighted by Crippen LogP contribution is 2.36. The molecule has 4 nitrogen and oxygen atoms in total. The normalized spacial score (nSPS) is 22.5. The molecule has 1 aliphatic heterocycles. The predicted octanol–water partition coefficient (Wildman–Crippen LogP) is 2.36. The van der Waals surface area contributed by atoms with Crippen LogP contribution in [0.1, 0.15) is 39.0 Å². The first-order valence-electron chi connectivity index (χ1n) is 5.86. The van der Waals surface area contributed by atoms with Crippen LogP contribution in [0.15, 0.2) is 12.2 Å². The van der Waals surface area contributed by atoms with Crippen molar-refractivity contribution < 1.29 is 9.31 Å². The lowest BCUT2D eigenvalue weighted by Crippen LogP contribution is -2.41. The Balaban J connectivity index is 2.08. The molecule has 1 saturated heterocycles. The van der Waals surface area contributed by atoms with E-state index < -0.39 is 0 Å². The zero-order chi connectivity index (χ0) is 12.7. The van der Waals surface area contributed by atoms with Gasteiger partial charge in [-0.1, -0.05) is 5.98 Å². The summed E-state index contributed by atoms with van der Waals surface area (Å²) in [4.78, 5) is 0. The summed E-state index contributed by atoms with van der Waals surface area (Å²) in [6.45, 7) is 10.2. The summed E-state index contributed by atoms with van der Waals surface area (Å²) in [6.07, 6.45) is 3.74. The number of hydrogen-bond donors (Lipinski definition) is 1. The predicted molar refractivity (Wildman–Crippen MR) is 68.4 cm³/mol. The molecule has 0 saturated carbocycles. The van der Waals surface area contributed by atoms with Crippen molar-refractivity contribution in [1.29, 1.82) is 0 Å². The Morgan fingerprint density at radius 3 is 2.29 bits per heavy atom. The minimum absolute atomic E-state index is 0.287. The van der Waals surface area contributed by atoms with Gasteiger partial charge in [0, 0.05) is 0 Å². The number of hydrogen-bond acceptors (Lipinski definition) is 3. The highest BCUT2D eigenvalue weighted by molar-refractivity contribution is 6.52. The Labute approximate surface area is 103 Å². The van der Waals surface area contributed by atoms with Crippen molar-refractivity contribution >= 4 is 13.2 Å². The molecule has 0 spiro atoms. The molecule has 0 bridgehead atoms. The Bertz CT molecular complexity index is 421. The van der Waals surface area contributed by atoms with Crippen LogP contribution >= 0.6 is 0 Å².